The number of rotatable bonds is 8. The van der Waals surface area contributed by atoms with E-state index in [0.717, 1.165) is 36.1 Å². The fraction of sp³-hybridized carbons (Fsp3) is 0.320. The normalized spacial score (nSPS) is 17.7. The van der Waals surface area contributed by atoms with Crippen LogP contribution in [0.15, 0.2) is 66.8 Å². The molecular formula is C25H28O4. The summed E-state index contributed by atoms with van der Waals surface area (Å²) in [7, 11) is 0. The molecule has 0 aromatic heterocycles. The predicted molar refractivity (Wildman–Crippen MR) is 115 cm³/mol. The summed E-state index contributed by atoms with van der Waals surface area (Å²) >= 11 is 0. The van der Waals surface area contributed by atoms with Gasteiger partial charge in [0.05, 0.1) is 12.5 Å². The van der Waals surface area contributed by atoms with E-state index in [1.807, 2.05) is 55.5 Å². The number of carbonyl (C=O) groups is 1. The third-order valence-electron chi connectivity index (χ3n) is 5.21. The molecular weight excluding hydrogens is 364 g/mol. The van der Waals surface area contributed by atoms with Gasteiger partial charge in [-0.2, -0.15) is 0 Å². The van der Waals surface area contributed by atoms with Crippen LogP contribution in [-0.2, 0) is 11.4 Å². The second-order valence-corrected chi connectivity index (χ2v) is 7.45. The number of hydrogen-bond acceptors (Lipinski definition) is 3. The molecule has 0 saturated heterocycles. The third-order valence-corrected chi connectivity index (χ3v) is 5.21. The van der Waals surface area contributed by atoms with Gasteiger partial charge in [0.2, 0.25) is 0 Å². The average Bonchev–Trinajstić information content (AvgIpc) is 2.73. The highest BCUT2D eigenvalue weighted by Gasteiger charge is 2.14. The van der Waals surface area contributed by atoms with E-state index in [2.05, 4.69) is 18.2 Å². The van der Waals surface area contributed by atoms with E-state index in [0.29, 0.717) is 6.61 Å². The standard InChI is InChI=1S/C25H28O4/c1-2-4-21(16-25(27)28)20-9-13-24(14-10-20)29-17-18-5-3-6-22(15-18)19-7-11-23(26)12-8-19/h2-7,9-10,13-15,21,23,26H,8,11-12,16-17H2,1H3,(H,27,28). The zero-order valence-corrected chi connectivity index (χ0v) is 16.8. The number of benzene rings is 2. The van der Waals surface area contributed by atoms with Crippen molar-refractivity contribution in [3.05, 3.63) is 83.4 Å². The SMILES string of the molecule is CC=CC(CC(=O)O)c1ccc(OCc2cccc(C3=CCC(O)CC3)c2)cc1. The Kier molecular flexibility index (Phi) is 7.25. The molecule has 0 aliphatic heterocycles. The van der Waals surface area contributed by atoms with Crippen LogP contribution in [0, 0.1) is 0 Å². The van der Waals surface area contributed by atoms with Gasteiger partial charge in [-0.15, -0.1) is 0 Å². The van der Waals surface area contributed by atoms with Gasteiger partial charge in [0.25, 0.3) is 0 Å². The summed E-state index contributed by atoms with van der Waals surface area (Å²) in [5.41, 5.74) is 4.54. The first-order valence-electron chi connectivity index (χ1n) is 10.1. The van der Waals surface area contributed by atoms with Crippen LogP contribution in [-0.4, -0.2) is 22.3 Å². The van der Waals surface area contributed by atoms with Crippen molar-refractivity contribution in [1.29, 1.82) is 0 Å². The number of aliphatic hydroxyl groups excluding tert-OH is 1. The van der Waals surface area contributed by atoms with Crippen molar-refractivity contribution in [2.75, 3.05) is 0 Å². The molecule has 0 saturated carbocycles. The Morgan fingerprint density at radius 3 is 2.69 bits per heavy atom. The van der Waals surface area contributed by atoms with E-state index in [1.165, 1.54) is 11.1 Å². The van der Waals surface area contributed by atoms with Gasteiger partial charge in [0.15, 0.2) is 0 Å². The van der Waals surface area contributed by atoms with Crippen molar-refractivity contribution < 1.29 is 19.7 Å². The van der Waals surface area contributed by atoms with Crippen molar-refractivity contribution in [1.82, 2.24) is 0 Å². The molecule has 4 nitrogen and oxygen atoms in total. The maximum atomic E-state index is 11.1. The minimum absolute atomic E-state index is 0.0736. The van der Waals surface area contributed by atoms with E-state index < -0.39 is 5.97 Å². The maximum absolute atomic E-state index is 11.1. The number of aliphatic carboxylic acids is 1. The molecule has 152 valence electrons. The summed E-state index contributed by atoms with van der Waals surface area (Å²) in [5, 5.41) is 18.8. The molecule has 2 aromatic rings. The van der Waals surface area contributed by atoms with Gasteiger partial charge in [-0.25, -0.2) is 0 Å². The highest BCUT2D eigenvalue weighted by atomic mass is 16.5. The Balaban J connectivity index is 1.63. The molecule has 0 heterocycles. The Morgan fingerprint density at radius 2 is 2.03 bits per heavy atom. The fourth-order valence-electron chi connectivity index (χ4n) is 3.64. The zero-order chi connectivity index (χ0) is 20.6. The van der Waals surface area contributed by atoms with Crippen LogP contribution in [0.2, 0.25) is 0 Å². The highest BCUT2D eigenvalue weighted by Crippen LogP contribution is 2.28. The Morgan fingerprint density at radius 1 is 1.24 bits per heavy atom. The monoisotopic (exact) mass is 392 g/mol. The molecule has 0 bridgehead atoms. The summed E-state index contributed by atoms with van der Waals surface area (Å²) in [6.45, 7) is 2.36. The second-order valence-electron chi connectivity index (χ2n) is 7.45. The summed E-state index contributed by atoms with van der Waals surface area (Å²) in [5.74, 6) is -0.185. The van der Waals surface area contributed by atoms with Gasteiger partial charge >= 0.3 is 5.97 Å². The van der Waals surface area contributed by atoms with Crippen LogP contribution < -0.4 is 4.74 Å². The quantitative estimate of drug-likeness (QED) is 0.596. The lowest BCUT2D eigenvalue weighted by Crippen LogP contribution is -2.09. The molecule has 0 amide bonds. The largest absolute Gasteiger partial charge is 0.489 e. The van der Waals surface area contributed by atoms with Crippen LogP contribution in [0.1, 0.15) is 55.2 Å². The first kappa shape index (κ1) is 20.9. The van der Waals surface area contributed by atoms with Crippen LogP contribution in [0.25, 0.3) is 5.57 Å². The predicted octanol–water partition coefficient (Wildman–Crippen LogP) is 5.33. The van der Waals surface area contributed by atoms with E-state index >= 15 is 0 Å². The van der Waals surface area contributed by atoms with Crippen molar-refractivity contribution >= 4 is 11.5 Å². The van der Waals surface area contributed by atoms with E-state index in [-0.39, 0.29) is 18.4 Å². The van der Waals surface area contributed by atoms with E-state index in [9.17, 15) is 9.90 Å². The average molecular weight is 392 g/mol. The molecule has 4 heteroatoms. The molecule has 2 aromatic carbocycles. The van der Waals surface area contributed by atoms with Crippen molar-refractivity contribution in [3.8, 4) is 5.75 Å². The lowest BCUT2D eigenvalue weighted by molar-refractivity contribution is -0.137. The number of carboxylic acids is 1. The number of aliphatic hydroxyl groups is 1. The van der Waals surface area contributed by atoms with E-state index in [1.54, 1.807) is 0 Å². The van der Waals surface area contributed by atoms with Crippen LogP contribution in [0.5, 0.6) is 5.75 Å². The minimum Gasteiger partial charge on any atom is -0.489 e. The van der Waals surface area contributed by atoms with Crippen LogP contribution >= 0.6 is 0 Å². The molecule has 3 rings (SSSR count). The first-order chi connectivity index (χ1) is 14.0. The van der Waals surface area contributed by atoms with Crippen molar-refractivity contribution in [3.63, 3.8) is 0 Å². The van der Waals surface area contributed by atoms with Gasteiger partial charge in [-0.1, -0.05) is 48.6 Å². The summed E-state index contributed by atoms with van der Waals surface area (Å²) < 4.78 is 5.93. The lowest BCUT2D eigenvalue weighted by atomic mass is 9.91. The number of allylic oxidation sites excluding steroid dienone is 3. The Hall–Kier alpha value is -2.85. The topological polar surface area (TPSA) is 66.8 Å². The van der Waals surface area contributed by atoms with Gasteiger partial charge < -0.3 is 14.9 Å². The summed E-state index contributed by atoms with van der Waals surface area (Å²) in [6, 6.07) is 16.0. The zero-order valence-electron chi connectivity index (χ0n) is 16.8. The smallest absolute Gasteiger partial charge is 0.304 e. The lowest BCUT2D eigenvalue weighted by Gasteiger charge is -2.18. The Bertz CT molecular complexity index is 880. The van der Waals surface area contributed by atoms with Gasteiger partial charge in [0, 0.05) is 5.92 Å². The first-order valence-corrected chi connectivity index (χ1v) is 10.1. The van der Waals surface area contributed by atoms with Crippen molar-refractivity contribution in [2.24, 2.45) is 0 Å². The number of carboxylic acid groups (broad SMARTS) is 1. The molecule has 0 fully saturated rings. The Labute approximate surface area is 172 Å². The molecule has 0 spiro atoms. The second kappa shape index (κ2) is 10.1. The van der Waals surface area contributed by atoms with Gasteiger partial charge in [-0.3, -0.25) is 4.79 Å². The molecule has 1 aliphatic carbocycles. The maximum Gasteiger partial charge on any atom is 0.304 e. The van der Waals surface area contributed by atoms with Crippen LogP contribution in [0.4, 0.5) is 0 Å². The molecule has 2 unspecified atom stereocenters. The molecule has 1 aliphatic rings. The number of hydrogen-bond donors (Lipinski definition) is 2. The molecule has 2 atom stereocenters. The van der Waals surface area contributed by atoms with Gasteiger partial charge in [-0.05, 0) is 66.6 Å². The minimum atomic E-state index is -0.809. The van der Waals surface area contributed by atoms with E-state index in [4.69, 9.17) is 9.84 Å². The molecule has 2 N–H and O–H groups in total. The van der Waals surface area contributed by atoms with Crippen LogP contribution in [0.3, 0.4) is 0 Å². The molecule has 29 heavy (non-hydrogen) atoms. The number of ether oxygens (including phenoxy) is 1. The summed E-state index contributed by atoms with van der Waals surface area (Å²) in [4.78, 5) is 11.1. The van der Waals surface area contributed by atoms with Crippen molar-refractivity contribution in [2.45, 2.75) is 51.2 Å². The fourth-order valence-corrected chi connectivity index (χ4v) is 3.64. The highest BCUT2D eigenvalue weighted by molar-refractivity contribution is 5.68. The van der Waals surface area contributed by atoms with Gasteiger partial charge in [0.1, 0.15) is 12.4 Å². The summed E-state index contributed by atoms with van der Waals surface area (Å²) in [6.07, 6.45) is 8.22. The third kappa shape index (κ3) is 6.06. The molecule has 0 radical (unpaired) electrons.